The van der Waals surface area contributed by atoms with Gasteiger partial charge in [0.05, 0.1) is 11.0 Å². The van der Waals surface area contributed by atoms with Crippen molar-refractivity contribution < 1.29 is 4.74 Å². The van der Waals surface area contributed by atoms with Crippen molar-refractivity contribution in [2.75, 3.05) is 32.8 Å². The lowest BCUT2D eigenvalue weighted by atomic mass is 9.97. The summed E-state index contributed by atoms with van der Waals surface area (Å²) < 4.78 is 7.42. The van der Waals surface area contributed by atoms with Crippen molar-refractivity contribution in [1.82, 2.24) is 14.5 Å². The van der Waals surface area contributed by atoms with Crippen molar-refractivity contribution in [2.45, 2.75) is 31.7 Å². The molecule has 23 heavy (non-hydrogen) atoms. The number of benzene rings is 1. The molecule has 1 N–H and O–H groups in total. The number of para-hydroxylation sites is 2. The summed E-state index contributed by atoms with van der Waals surface area (Å²) >= 11 is 0. The van der Waals surface area contributed by atoms with Crippen LogP contribution in [-0.4, -0.2) is 47.3 Å². The predicted octanol–water partition coefficient (Wildman–Crippen LogP) is 2.39. The molecule has 2 aliphatic heterocycles. The van der Waals surface area contributed by atoms with Crippen molar-refractivity contribution in [3.63, 3.8) is 0 Å². The molecule has 0 aliphatic carbocycles. The lowest BCUT2D eigenvalue weighted by Gasteiger charge is -2.35. The van der Waals surface area contributed by atoms with Crippen LogP contribution < -0.4 is 5.69 Å². The van der Waals surface area contributed by atoms with Crippen LogP contribution in [0.15, 0.2) is 29.1 Å². The van der Waals surface area contributed by atoms with Crippen LogP contribution in [0.2, 0.25) is 0 Å². The summed E-state index contributed by atoms with van der Waals surface area (Å²) in [6.45, 7) is 5.22. The minimum absolute atomic E-state index is 0.0362. The summed E-state index contributed by atoms with van der Waals surface area (Å²) in [6, 6.07) is 8.32. The van der Waals surface area contributed by atoms with Crippen LogP contribution in [0, 0.1) is 5.92 Å². The maximum Gasteiger partial charge on any atom is 0.326 e. The fraction of sp³-hybridized carbons (Fsp3) is 0.611. The topological polar surface area (TPSA) is 50.3 Å². The second kappa shape index (κ2) is 6.49. The van der Waals surface area contributed by atoms with Gasteiger partial charge in [0.2, 0.25) is 0 Å². The molecule has 124 valence electrons. The Morgan fingerprint density at radius 3 is 2.61 bits per heavy atom. The number of rotatable bonds is 3. The largest absolute Gasteiger partial charge is 0.381 e. The highest BCUT2D eigenvalue weighted by Gasteiger charge is 2.25. The number of likely N-dealkylation sites (tertiary alicyclic amines) is 1. The first-order chi connectivity index (χ1) is 11.3. The number of aromatic amines is 1. The maximum atomic E-state index is 12.3. The highest BCUT2D eigenvalue weighted by Crippen LogP contribution is 2.26. The van der Waals surface area contributed by atoms with Gasteiger partial charge in [-0.1, -0.05) is 12.1 Å². The Labute approximate surface area is 136 Å². The van der Waals surface area contributed by atoms with Gasteiger partial charge in [-0.25, -0.2) is 4.79 Å². The summed E-state index contributed by atoms with van der Waals surface area (Å²) in [4.78, 5) is 17.9. The van der Waals surface area contributed by atoms with Crippen molar-refractivity contribution >= 4 is 11.0 Å². The SMILES string of the molecule is O=c1[nH]c2ccccc2n1C1CCN(CC2CCOCC2)CC1. The first kappa shape index (κ1) is 15.0. The van der Waals surface area contributed by atoms with E-state index in [1.54, 1.807) is 0 Å². The average Bonchev–Trinajstić information content (AvgIpc) is 2.92. The van der Waals surface area contributed by atoms with Gasteiger partial charge in [-0.15, -0.1) is 0 Å². The van der Waals surface area contributed by atoms with Crippen LogP contribution in [-0.2, 0) is 4.74 Å². The van der Waals surface area contributed by atoms with Crippen LogP contribution in [0.25, 0.3) is 11.0 Å². The van der Waals surface area contributed by atoms with E-state index in [1.165, 1.54) is 19.4 Å². The highest BCUT2D eigenvalue weighted by atomic mass is 16.5. The molecule has 5 heteroatoms. The third-order valence-corrected chi connectivity index (χ3v) is 5.40. The van der Waals surface area contributed by atoms with Gasteiger partial charge in [0.15, 0.2) is 0 Å². The normalized spacial score (nSPS) is 21.9. The molecule has 3 heterocycles. The first-order valence-corrected chi connectivity index (χ1v) is 8.80. The number of imidazole rings is 1. The van der Waals surface area contributed by atoms with E-state index in [4.69, 9.17) is 4.74 Å². The molecule has 2 saturated heterocycles. The molecule has 0 unspecified atom stereocenters. The van der Waals surface area contributed by atoms with Gasteiger partial charge in [0.25, 0.3) is 0 Å². The lowest BCUT2D eigenvalue weighted by molar-refractivity contribution is 0.0472. The number of aromatic nitrogens is 2. The minimum Gasteiger partial charge on any atom is -0.381 e. The quantitative estimate of drug-likeness (QED) is 0.946. The molecule has 0 spiro atoms. The summed E-state index contributed by atoms with van der Waals surface area (Å²) in [7, 11) is 0. The van der Waals surface area contributed by atoms with Gasteiger partial charge in [-0.2, -0.15) is 0 Å². The fourth-order valence-corrected chi connectivity index (χ4v) is 4.09. The van der Waals surface area contributed by atoms with Crippen LogP contribution in [0.1, 0.15) is 31.7 Å². The molecule has 0 atom stereocenters. The molecule has 0 amide bonds. The average molecular weight is 315 g/mol. The molecule has 0 bridgehead atoms. The third-order valence-electron chi connectivity index (χ3n) is 5.40. The molecular formula is C18H25N3O2. The molecule has 0 radical (unpaired) electrons. The van der Waals surface area contributed by atoms with Gasteiger partial charge in [0, 0.05) is 38.9 Å². The Hall–Kier alpha value is -1.59. The maximum absolute atomic E-state index is 12.3. The Kier molecular flexibility index (Phi) is 4.23. The minimum atomic E-state index is 0.0362. The number of H-pyrrole nitrogens is 1. The van der Waals surface area contributed by atoms with Crippen molar-refractivity contribution in [3.8, 4) is 0 Å². The fourth-order valence-electron chi connectivity index (χ4n) is 4.09. The number of hydrogen-bond acceptors (Lipinski definition) is 3. The molecule has 2 fully saturated rings. The number of hydrogen-bond donors (Lipinski definition) is 1. The van der Waals surface area contributed by atoms with Crippen LogP contribution >= 0.6 is 0 Å². The lowest BCUT2D eigenvalue weighted by Crippen LogP contribution is -2.40. The van der Waals surface area contributed by atoms with E-state index in [0.717, 1.165) is 56.1 Å². The molecule has 2 aromatic rings. The number of ether oxygens (including phenoxy) is 1. The van der Waals surface area contributed by atoms with Gasteiger partial charge in [-0.05, 0) is 43.7 Å². The zero-order valence-electron chi connectivity index (χ0n) is 13.5. The van der Waals surface area contributed by atoms with Gasteiger partial charge < -0.3 is 14.6 Å². The Morgan fingerprint density at radius 1 is 1.09 bits per heavy atom. The molecule has 5 nitrogen and oxygen atoms in total. The third kappa shape index (κ3) is 3.08. The molecule has 1 aromatic heterocycles. The van der Waals surface area contributed by atoms with E-state index in [0.29, 0.717) is 6.04 Å². The van der Waals surface area contributed by atoms with Crippen molar-refractivity contribution in [3.05, 3.63) is 34.7 Å². The van der Waals surface area contributed by atoms with E-state index < -0.39 is 0 Å². The van der Waals surface area contributed by atoms with Crippen molar-refractivity contribution in [1.29, 1.82) is 0 Å². The highest BCUT2D eigenvalue weighted by molar-refractivity contribution is 5.75. The molecule has 4 rings (SSSR count). The molecule has 0 saturated carbocycles. The van der Waals surface area contributed by atoms with Crippen LogP contribution in [0.4, 0.5) is 0 Å². The Balaban J connectivity index is 1.42. The van der Waals surface area contributed by atoms with Gasteiger partial charge in [-0.3, -0.25) is 4.57 Å². The second-order valence-electron chi connectivity index (χ2n) is 6.90. The summed E-state index contributed by atoms with van der Waals surface area (Å²) in [6.07, 6.45) is 4.51. The number of nitrogens with zero attached hydrogens (tertiary/aromatic N) is 2. The smallest absolute Gasteiger partial charge is 0.326 e. The first-order valence-electron chi connectivity index (χ1n) is 8.80. The van der Waals surface area contributed by atoms with Crippen molar-refractivity contribution in [2.24, 2.45) is 5.92 Å². The van der Waals surface area contributed by atoms with E-state index in [1.807, 2.05) is 28.8 Å². The monoisotopic (exact) mass is 315 g/mol. The predicted molar refractivity (Wildman–Crippen MR) is 90.8 cm³/mol. The standard InChI is InChI=1S/C18H25N3O2/c22-18-19-16-3-1-2-4-17(16)21(18)15-5-9-20(10-6-15)13-14-7-11-23-12-8-14/h1-4,14-15H,5-13H2,(H,19,22). The van der Waals surface area contributed by atoms with E-state index >= 15 is 0 Å². The Morgan fingerprint density at radius 2 is 1.83 bits per heavy atom. The molecule has 1 aromatic carbocycles. The van der Waals surface area contributed by atoms with E-state index in [2.05, 4.69) is 9.88 Å². The molecular weight excluding hydrogens is 290 g/mol. The summed E-state index contributed by atoms with van der Waals surface area (Å²) in [5.41, 5.74) is 2.02. The summed E-state index contributed by atoms with van der Waals surface area (Å²) in [5, 5.41) is 0. The van der Waals surface area contributed by atoms with Gasteiger partial charge in [0.1, 0.15) is 0 Å². The number of nitrogens with one attached hydrogen (secondary N) is 1. The van der Waals surface area contributed by atoms with Crippen LogP contribution in [0.5, 0.6) is 0 Å². The molecule has 2 aliphatic rings. The second-order valence-corrected chi connectivity index (χ2v) is 6.90. The number of piperidine rings is 1. The van der Waals surface area contributed by atoms with E-state index in [-0.39, 0.29) is 5.69 Å². The Bertz CT molecular complexity index is 706. The number of fused-ring (bicyclic) bond motifs is 1. The van der Waals surface area contributed by atoms with Gasteiger partial charge >= 0.3 is 5.69 Å². The van der Waals surface area contributed by atoms with Crippen LogP contribution in [0.3, 0.4) is 0 Å². The summed E-state index contributed by atoms with van der Waals surface area (Å²) in [5.74, 6) is 0.788. The van der Waals surface area contributed by atoms with E-state index in [9.17, 15) is 4.79 Å². The zero-order valence-corrected chi connectivity index (χ0v) is 13.5. The zero-order chi connectivity index (χ0) is 15.6.